The summed E-state index contributed by atoms with van der Waals surface area (Å²) in [5, 5.41) is 12.8. The number of halogens is 1. The van der Waals surface area contributed by atoms with Crippen LogP contribution in [0.3, 0.4) is 0 Å². The van der Waals surface area contributed by atoms with Gasteiger partial charge in [-0.2, -0.15) is 0 Å². The highest BCUT2D eigenvalue weighted by Crippen LogP contribution is 2.21. The van der Waals surface area contributed by atoms with Gasteiger partial charge in [0.15, 0.2) is 0 Å². The summed E-state index contributed by atoms with van der Waals surface area (Å²) in [7, 11) is 0. The topological polar surface area (TPSA) is 52.6 Å². The standard InChI is InChI=1S/C14H21ClN2O2/c1-3-17(4-2)9-5-8-16-14(19)12-7-6-11(15)10-13(12)18/h6-7,10,18H,3-5,8-9H2,1-2H3,(H,16,19). The monoisotopic (exact) mass is 284 g/mol. The number of carbonyl (C=O) groups is 1. The predicted molar refractivity (Wildman–Crippen MR) is 77.9 cm³/mol. The number of phenols is 1. The van der Waals surface area contributed by atoms with Gasteiger partial charge < -0.3 is 15.3 Å². The fraction of sp³-hybridized carbons (Fsp3) is 0.500. The molecule has 4 nitrogen and oxygen atoms in total. The molecule has 1 aromatic carbocycles. The van der Waals surface area contributed by atoms with E-state index >= 15 is 0 Å². The number of nitrogens with zero attached hydrogens (tertiary/aromatic N) is 1. The van der Waals surface area contributed by atoms with Crippen molar-refractivity contribution in [2.45, 2.75) is 20.3 Å². The van der Waals surface area contributed by atoms with E-state index in [1.807, 2.05) is 0 Å². The Morgan fingerprint density at radius 2 is 2.05 bits per heavy atom. The molecule has 1 amide bonds. The van der Waals surface area contributed by atoms with E-state index in [1.54, 1.807) is 6.07 Å². The van der Waals surface area contributed by atoms with Crippen molar-refractivity contribution in [3.63, 3.8) is 0 Å². The third-order valence-corrected chi connectivity index (χ3v) is 3.27. The molecule has 0 fully saturated rings. The molecule has 106 valence electrons. The zero-order valence-electron chi connectivity index (χ0n) is 11.4. The van der Waals surface area contributed by atoms with Crippen LogP contribution in [0.5, 0.6) is 5.75 Å². The minimum atomic E-state index is -0.270. The van der Waals surface area contributed by atoms with Gasteiger partial charge in [-0.25, -0.2) is 0 Å². The van der Waals surface area contributed by atoms with Crippen LogP contribution in [0.25, 0.3) is 0 Å². The molecule has 0 saturated heterocycles. The molecule has 0 aliphatic rings. The Kier molecular flexibility index (Phi) is 6.67. The Balaban J connectivity index is 2.39. The van der Waals surface area contributed by atoms with Crippen molar-refractivity contribution in [2.24, 2.45) is 0 Å². The Hall–Kier alpha value is -1.26. The van der Waals surface area contributed by atoms with Gasteiger partial charge in [0.1, 0.15) is 5.75 Å². The van der Waals surface area contributed by atoms with Gasteiger partial charge in [0.2, 0.25) is 0 Å². The van der Waals surface area contributed by atoms with Gasteiger partial charge in [-0.3, -0.25) is 4.79 Å². The van der Waals surface area contributed by atoms with Gasteiger partial charge >= 0.3 is 0 Å². The Labute approximate surface area is 119 Å². The lowest BCUT2D eigenvalue weighted by atomic mass is 10.2. The normalized spacial score (nSPS) is 10.7. The lowest BCUT2D eigenvalue weighted by Crippen LogP contribution is -2.29. The van der Waals surface area contributed by atoms with Crippen LogP contribution in [0.1, 0.15) is 30.6 Å². The molecule has 0 spiro atoms. The van der Waals surface area contributed by atoms with E-state index < -0.39 is 0 Å². The summed E-state index contributed by atoms with van der Waals surface area (Å²) in [4.78, 5) is 14.1. The number of hydrogen-bond acceptors (Lipinski definition) is 3. The molecule has 0 heterocycles. The van der Waals surface area contributed by atoms with Crippen molar-refractivity contribution in [1.82, 2.24) is 10.2 Å². The summed E-state index contributed by atoms with van der Waals surface area (Å²) < 4.78 is 0. The number of nitrogens with one attached hydrogen (secondary N) is 1. The number of hydrogen-bond donors (Lipinski definition) is 2. The average molecular weight is 285 g/mol. The molecule has 0 bridgehead atoms. The summed E-state index contributed by atoms with van der Waals surface area (Å²) in [6.45, 7) is 7.82. The molecule has 1 aromatic rings. The van der Waals surface area contributed by atoms with E-state index in [0.29, 0.717) is 11.6 Å². The van der Waals surface area contributed by atoms with Crippen LogP contribution in [0, 0.1) is 0 Å². The third-order valence-electron chi connectivity index (χ3n) is 3.04. The lowest BCUT2D eigenvalue weighted by Gasteiger charge is -2.17. The molecule has 0 saturated carbocycles. The zero-order chi connectivity index (χ0) is 14.3. The molecule has 5 heteroatoms. The molecule has 2 N–H and O–H groups in total. The van der Waals surface area contributed by atoms with Crippen molar-refractivity contribution in [1.29, 1.82) is 0 Å². The lowest BCUT2D eigenvalue weighted by molar-refractivity contribution is 0.0949. The second-order valence-electron chi connectivity index (χ2n) is 4.30. The van der Waals surface area contributed by atoms with E-state index in [2.05, 4.69) is 24.1 Å². The van der Waals surface area contributed by atoms with Crippen molar-refractivity contribution >= 4 is 17.5 Å². The van der Waals surface area contributed by atoms with E-state index in [9.17, 15) is 9.90 Å². The maximum atomic E-state index is 11.8. The zero-order valence-corrected chi connectivity index (χ0v) is 12.2. The SMILES string of the molecule is CCN(CC)CCCNC(=O)c1ccc(Cl)cc1O. The fourth-order valence-electron chi connectivity index (χ4n) is 1.84. The molecule has 1 rings (SSSR count). The van der Waals surface area contributed by atoms with Gasteiger partial charge in [-0.05, 0) is 44.3 Å². The highest BCUT2D eigenvalue weighted by atomic mass is 35.5. The molecule has 0 radical (unpaired) electrons. The molecule has 19 heavy (non-hydrogen) atoms. The highest BCUT2D eigenvalue weighted by Gasteiger charge is 2.10. The number of carbonyl (C=O) groups excluding carboxylic acids is 1. The number of amides is 1. The van der Waals surface area contributed by atoms with E-state index in [4.69, 9.17) is 11.6 Å². The summed E-state index contributed by atoms with van der Waals surface area (Å²) in [6.07, 6.45) is 0.891. The second kappa shape index (κ2) is 8.02. The third kappa shape index (κ3) is 5.09. The summed E-state index contributed by atoms with van der Waals surface area (Å²) in [5.41, 5.74) is 0.257. The maximum Gasteiger partial charge on any atom is 0.255 e. The first-order valence-corrected chi connectivity index (χ1v) is 6.95. The smallest absolute Gasteiger partial charge is 0.255 e. The average Bonchev–Trinajstić information content (AvgIpc) is 2.38. The molecule has 0 atom stereocenters. The number of phenolic OH excluding ortho intramolecular Hbond substituents is 1. The van der Waals surface area contributed by atoms with Crippen LogP contribution in [-0.2, 0) is 0 Å². The minimum Gasteiger partial charge on any atom is -0.507 e. The molecule has 0 aliphatic heterocycles. The van der Waals surface area contributed by atoms with E-state index in [1.165, 1.54) is 12.1 Å². The minimum absolute atomic E-state index is 0.0891. The molecule has 0 aliphatic carbocycles. The Bertz CT molecular complexity index is 420. The molecular weight excluding hydrogens is 264 g/mol. The van der Waals surface area contributed by atoms with Crippen LogP contribution in [0.15, 0.2) is 18.2 Å². The number of benzene rings is 1. The molecule has 0 unspecified atom stereocenters. The predicted octanol–water partition coefficient (Wildman–Crippen LogP) is 2.51. The van der Waals surface area contributed by atoms with Crippen LogP contribution in [0.2, 0.25) is 5.02 Å². The second-order valence-corrected chi connectivity index (χ2v) is 4.73. The molecule has 0 aromatic heterocycles. The van der Waals surface area contributed by atoms with Gasteiger partial charge in [-0.1, -0.05) is 25.4 Å². The van der Waals surface area contributed by atoms with Gasteiger partial charge in [0, 0.05) is 11.6 Å². The first kappa shape index (κ1) is 15.8. The first-order chi connectivity index (χ1) is 9.08. The van der Waals surface area contributed by atoms with Gasteiger partial charge in [-0.15, -0.1) is 0 Å². The molecular formula is C14H21ClN2O2. The fourth-order valence-corrected chi connectivity index (χ4v) is 2.00. The van der Waals surface area contributed by atoms with E-state index in [0.717, 1.165) is 26.1 Å². The summed E-state index contributed by atoms with van der Waals surface area (Å²) in [6, 6.07) is 4.48. The largest absolute Gasteiger partial charge is 0.507 e. The highest BCUT2D eigenvalue weighted by molar-refractivity contribution is 6.30. The van der Waals surface area contributed by atoms with Crippen molar-refractivity contribution in [3.05, 3.63) is 28.8 Å². The maximum absolute atomic E-state index is 11.8. The quantitative estimate of drug-likeness (QED) is 0.757. The van der Waals surface area contributed by atoms with Crippen molar-refractivity contribution in [3.8, 4) is 5.75 Å². The van der Waals surface area contributed by atoms with Crippen molar-refractivity contribution in [2.75, 3.05) is 26.2 Å². The number of rotatable bonds is 7. The summed E-state index contributed by atoms with van der Waals surface area (Å²) in [5.74, 6) is -0.359. The van der Waals surface area contributed by atoms with E-state index in [-0.39, 0.29) is 17.2 Å². The summed E-state index contributed by atoms with van der Waals surface area (Å²) >= 11 is 5.72. The van der Waals surface area contributed by atoms with Crippen LogP contribution in [0.4, 0.5) is 0 Å². The van der Waals surface area contributed by atoms with Crippen LogP contribution < -0.4 is 5.32 Å². The van der Waals surface area contributed by atoms with Crippen LogP contribution >= 0.6 is 11.6 Å². The van der Waals surface area contributed by atoms with Gasteiger partial charge in [0.25, 0.3) is 5.91 Å². The Morgan fingerprint density at radius 1 is 1.37 bits per heavy atom. The van der Waals surface area contributed by atoms with Gasteiger partial charge in [0.05, 0.1) is 5.56 Å². The van der Waals surface area contributed by atoms with Crippen molar-refractivity contribution < 1.29 is 9.90 Å². The van der Waals surface area contributed by atoms with Crippen LogP contribution in [-0.4, -0.2) is 42.1 Å². The first-order valence-electron chi connectivity index (χ1n) is 6.57. The number of aromatic hydroxyl groups is 1. The Morgan fingerprint density at radius 3 is 2.63 bits per heavy atom.